The lowest BCUT2D eigenvalue weighted by Gasteiger charge is -2.38. The van der Waals surface area contributed by atoms with Crippen LogP contribution in [0, 0.1) is 0 Å². The molecule has 3 saturated heterocycles. The number of aromatic nitrogens is 2. The van der Waals surface area contributed by atoms with Gasteiger partial charge >= 0.3 is 6.03 Å². The van der Waals surface area contributed by atoms with E-state index in [2.05, 4.69) is 47.9 Å². The van der Waals surface area contributed by atoms with Crippen molar-refractivity contribution in [3.63, 3.8) is 0 Å². The number of ketones is 1. The lowest BCUT2D eigenvalue weighted by atomic mass is 9.89. The first-order valence-electron chi connectivity index (χ1n) is 18.5. The fourth-order valence-corrected chi connectivity index (χ4v) is 7.47. The predicted molar refractivity (Wildman–Crippen MR) is 212 cm³/mol. The van der Waals surface area contributed by atoms with Gasteiger partial charge in [0.15, 0.2) is 11.6 Å². The zero-order chi connectivity index (χ0) is 38.5. The summed E-state index contributed by atoms with van der Waals surface area (Å²) in [5.74, 6) is 1.43. The number of amides is 4. The van der Waals surface area contributed by atoms with Gasteiger partial charge in [-0.1, -0.05) is 35.9 Å². The Labute approximate surface area is 324 Å². The Bertz CT molecular complexity index is 2080. The van der Waals surface area contributed by atoms with Crippen LogP contribution >= 0.6 is 11.6 Å². The lowest BCUT2D eigenvalue weighted by Crippen LogP contribution is -2.51. The van der Waals surface area contributed by atoms with E-state index in [9.17, 15) is 19.2 Å². The molecule has 4 amide bonds. The summed E-state index contributed by atoms with van der Waals surface area (Å²) >= 11 is 6.41. The summed E-state index contributed by atoms with van der Waals surface area (Å²) in [6, 6.07) is 20.7. The molecule has 3 aliphatic rings. The van der Waals surface area contributed by atoms with E-state index < -0.39 is 0 Å². The number of carbonyl (C=O) groups excluding carboxylic acids is 4. The lowest BCUT2D eigenvalue weighted by molar-refractivity contribution is -0.133. The average Bonchev–Trinajstić information content (AvgIpc) is 3.20. The number of para-hydroxylation sites is 1. The number of urea groups is 1. The number of nitrogens with one attached hydrogen (secondary N) is 3. The number of hydrogen-bond acceptors (Lipinski definition) is 11. The maximum Gasteiger partial charge on any atom is 0.328 e. The van der Waals surface area contributed by atoms with E-state index in [1.54, 1.807) is 30.2 Å². The number of anilines is 6. The van der Waals surface area contributed by atoms with Crippen molar-refractivity contribution in [3.8, 4) is 5.75 Å². The zero-order valence-corrected chi connectivity index (χ0v) is 31.6. The van der Waals surface area contributed by atoms with E-state index in [0.29, 0.717) is 91.1 Å². The molecule has 7 rings (SSSR count). The van der Waals surface area contributed by atoms with E-state index >= 15 is 0 Å². The Morgan fingerprint density at radius 3 is 2.42 bits per heavy atom. The van der Waals surface area contributed by atoms with E-state index in [-0.39, 0.29) is 23.6 Å². The summed E-state index contributed by atoms with van der Waals surface area (Å²) in [6.07, 6.45) is 3.64. The summed E-state index contributed by atoms with van der Waals surface area (Å²) in [4.78, 5) is 66.4. The highest BCUT2D eigenvalue weighted by Crippen LogP contribution is 2.34. The second-order valence-electron chi connectivity index (χ2n) is 13.9. The van der Waals surface area contributed by atoms with Gasteiger partial charge in [-0.25, -0.2) is 9.78 Å². The number of imide groups is 1. The summed E-state index contributed by atoms with van der Waals surface area (Å²) in [7, 11) is 1.61. The molecule has 0 saturated carbocycles. The number of methoxy groups -OCH3 is 1. The molecule has 3 aromatic carbocycles. The van der Waals surface area contributed by atoms with Gasteiger partial charge in [0.1, 0.15) is 10.8 Å². The topological polar surface area (TPSA) is 152 Å². The van der Waals surface area contributed by atoms with Crippen molar-refractivity contribution < 1.29 is 23.9 Å². The Hall–Kier alpha value is -5.73. The van der Waals surface area contributed by atoms with Crippen molar-refractivity contribution in [1.29, 1.82) is 0 Å². The van der Waals surface area contributed by atoms with E-state index in [1.165, 1.54) is 18.7 Å². The van der Waals surface area contributed by atoms with Crippen LogP contribution in [0.4, 0.5) is 39.3 Å². The fraction of sp³-hybridized carbons (Fsp3) is 0.350. The third-order valence-electron chi connectivity index (χ3n) is 10.4. The van der Waals surface area contributed by atoms with Gasteiger partial charge < -0.3 is 25.2 Å². The number of carbonyl (C=O) groups is 4. The molecule has 4 heterocycles. The van der Waals surface area contributed by atoms with E-state index in [4.69, 9.17) is 16.3 Å². The molecule has 0 atom stereocenters. The number of piperazine rings is 1. The summed E-state index contributed by atoms with van der Waals surface area (Å²) in [5, 5.41) is 9.07. The van der Waals surface area contributed by atoms with Crippen molar-refractivity contribution in [2.24, 2.45) is 0 Å². The van der Waals surface area contributed by atoms with Gasteiger partial charge in [0.25, 0.3) is 0 Å². The zero-order valence-electron chi connectivity index (χ0n) is 30.9. The Morgan fingerprint density at radius 2 is 1.67 bits per heavy atom. The maximum atomic E-state index is 13.4. The van der Waals surface area contributed by atoms with Crippen molar-refractivity contribution in [1.82, 2.24) is 25.1 Å². The van der Waals surface area contributed by atoms with Crippen LogP contribution in [0.5, 0.6) is 5.75 Å². The molecule has 286 valence electrons. The molecule has 0 unspecified atom stereocenters. The van der Waals surface area contributed by atoms with Gasteiger partial charge in [-0.3, -0.25) is 29.5 Å². The number of benzene rings is 3. The molecule has 14 nitrogen and oxygen atoms in total. The third-order valence-corrected chi connectivity index (χ3v) is 10.7. The number of halogens is 1. The molecule has 3 N–H and O–H groups in total. The second kappa shape index (κ2) is 16.7. The van der Waals surface area contributed by atoms with Crippen LogP contribution in [0.15, 0.2) is 72.9 Å². The highest BCUT2D eigenvalue weighted by atomic mass is 35.5. The largest absolute Gasteiger partial charge is 0.494 e. The average molecular weight is 766 g/mol. The number of Topliss-reactive ketones (excluding diaryl/α,β-unsaturated/α-hetero) is 1. The molecule has 0 aliphatic carbocycles. The van der Waals surface area contributed by atoms with Gasteiger partial charge in [0, 0.05) is 62.1 Å². The van der Waals surface area contributed by atoms with Crippen LogP contribution in [0.1, 0.15) is 48.0 Å². The van der Waals surface area contributed by atoms with Crippen molar-refractivity contribution in [2.75, 3.05) is 79.9 Å². The number of piperidine rings is 1. The maximum absolute atomic E-state index is 13.4. The number of likely N-dealkylation sites (tertiary alicyclic amines) is 1. The first-order valence-corrected chi connectivity index (χ1v) is 18.8. The van der Waals surface area contributed by atoms with Crippen LogP contribution in [-0.2, 0) is 9.59 Å². The minimum Gasteiger partial charge on any atom is -0.494 e. The molecule has 55 heavy (non-hydrogen) atoms. The molecule has 15 heteroatoms. The predicted octanol–water partition coefficient (Wildman–Crippen LogP) is 5.80. The smallest absolute Gasteiger partial charge is 0.328 e. The second-order valence-corrected chi connectivity index (χ2v) is 14.3. The minimum atomic E-state index is -0.377. The molecular weight excluding hydrogens is 722 g/mol. The highest BCUT2D eigenvalue weighted by molar-refractivity contribution is 6.33. The van der Waals surface area contributed by atoms with E-state index in [1.807, 2.05) is 41.3 Å². The molecular formula is C40H44ClN9O5. The SMILES string of the molecule is COc1cc(N2CCN(C(=O)CN3CCC(c4cccc(N5CCC(=O)NC5=O)c4)CC3)CC2)ccc1Nc1ncc(Cl)c(Nc2ccccc2C(C)=O)n1. The van der Waals surface area contributed by atoms with Crippen LogP contribution < -0.4 is 30.5 Å². The number of nitrogens with zero attached hydrogens (tertiary/aromatic N) is 6. The van der Waals surface area contributed by atoms with Gasteiger partial charge in [-0.2, -0.15) is 4.98 Å². The monoisotopic (exact) mass is 765 g/mol. The van der Waals surface area contributed by atoms with Gasteiger partial charge in [0.2, 0.25) is 17.8 Å². The summed E-state index contributed by atoms with van der Waals surface area (Å²) in [5.41, 5.74) is 4.75. The molecule has 1 aromatic heterocycles. The highest BCUT2D eigenvalue weighted by Gasteiger charge is 2.28. The molecule has 0 spiro atoms. The number of ether oxygens (including phenoxy) is 1. The van der Waals surface area contributed by atoms with Crippen LogP contribution in [0.2, 0.25) is 5.02 Å². The summed E-state index contributed by atoms with van der Waals surface area (Å²) < 4.78 is 5.74. The molecule has 0 bridgehead atoms. The van der Waals surface area contributed by atoms with E-state index in [0.717, 1.165) is 37.3 Å². The number of hydrogen-bond donors (Lipinski definition) is 3. The first-order chi connectivity index (χ1) is 26.6. The molecule has 0 radical (unpaired) electrons. The Morgan fingerprint density at radius 1 is 0.891 bits per heavy atom. The van der Waals surface area contributed by atoms with Crippen molar-refractivity contribution in [2.45, 2.75) is 32.1 Å². The van der Waals surface area contributed by atoms with Crippen LogP contribution in [0.25, 0.3) is 0 Å². The third kappa shape index (κ3) is 8.82. The van der Waals surface area contributed by atoms with Gasteiger partial charge in [-0.05, 0) is 80.7 Å². The van der Waals surface area contributed by atoms with Crippen LogP contribution in [0.3, 0.4) is 0 Å². The van der Waals surface area contributed by atoms with Gasteiger partial charge in [0.05, 0.1) is 31.2 Å². The standard InChI is InChI=1S/C40H44ClN9O5/c1-26(51)31-8-3-4-9-33(31)43-38-32(41)24-42-39(46-38)44-34-11-10-29(23-35(34)55-2)48-18-20-49(21-19-48)37(53)25-47-15-12-27(13-16-47)28-6-5-7-30(22-28)50-17-14-36(52)45-40(50)54/h3-11,22-24,27H,12-21,25H2,1-2H3,(H,45,52,54)(H2,42,43,44,46). The van der Waals surface area contributed by atoms with Crippen molar-refractivity contribution >= 4 is 69.7 Å². The van der Waals surface area contributed by atoms with Crippen molar-refractivity contribution in [3.05, 3.63) is 89.1 Å². The van der Waals surface area contributed by atoms with Crippen LogP contribution in [-0.4, -0.2) is 103 Å². The molecule has 3 fully saturated rings. The summed E-state index contributed by atoms with van der Waals surface area (Å²) in [6.45, 7) is 6.58. The Balaban J connectivity index is 0.900. The first kappa shape index (κ1) is 37.6. The van der Waals surface area contributed by atoms with Gasteiger partial charge in [-0.15, -0.1) is 0 Å². The minimum absolute atomic E-state index is 0.0787. The normalized spacial score (nSPS) is 16.8. The quantitative estimate of drug-likeness (QED) is 0.159. The fourth-order valence-electron chi connectivity index (χ4n) is 7.33. The Kier molecular flexibility index (Phi) is 11.4. The molecule has 3 aliphatic heterocycles. The molecule has 4 aromatic rings. The number of rotatable bonds is 11.